The number of ether oxygens (including phenoxy) is 1. The highest BCUT2D eigenvalue weighted by molar-refractivity contribution is 5.97. The number of nitrogens with two attached hydrogens (primary N) is 1. The minimum atomic E-state index is -1.18. The van der Waals surface area contributed by atoms with E-state index >= 15 is 0 Å². The molecular formula is C47H63N7O7. The molecule has 0 spiro atoms. The Balaban J connectivity index is 1.47. The van der Waals surface area contributed by atoms with Crippen LogP contribution in [0.25, 0.3) is 0 Å². The summed E-state index contributed by atoms with van der Waals surface area (Å²) >= 11 is 0. The summed E-state index contributed by atoms with van der Waals surface area (Å²) in [7, 11) is 0. The van der Waals surface area contributed by atoms with Crippen LogP contribution in [0.15, 0.2) is 91.0 Å². The second-order valence-electron chi connectivity index (χ2n) is 17.0. The van der Waals surface area contributed by atoms with Crippen molar-refractivity contribution in [3.63, 3.8) is 0 Å². The summed E-state index contributed by atoms with van der Waals surface area (Å²) in [5.74, 6) is -2.07. The fourth-order valence-electron chi connectivity index (χ4n) is 7.84. The summed E-state index contributed by atoms with van der Waals surface area (Å²) in [5, 5.41) is 26.0. The smallest absolute Gasteiger partial charge is 0.246 e. The van der Waals surface area contributed by atoms with Gasteiger partial charge in [0.25, 0.3) is 0 Å². The van der Waals surface area contributed by atoms with Gasteiger partial charge in [-0.05, 0) is 58.9 Å². The van der Waals surface area contributed by atoms with Crippen molar-refractivity contribution in [2.24, 2.45) is 11.1 Å². The van der Waals surface area contributed by atoms with Crippen LogP contribution in [0.2, 0.25) is 0 Å². The average Bonchev–Trinajstić information content (AvgIpc) is 3.24. The number of benzene rings is 3. The Hall–Kier alpha value is -5.41. The Morgan fingerprint density at radius 3 is 2.36 bits per heavy atom. The molecule has 2 aliphatic heterocycles. The molecule has 0 saturated carbocycles. The summed E-state index contributed by atoms with van der Waals surface area (Å²) in [5.41, 5.74) is 8.76. The first kappa shape index (κ1) is 46.7. The quantitative estimate of drug-likeness (QED) is 0.149. The second-order valence-corrected chi connectivity index (χ2v) is 17.0. The third kappa shape index (κ3) is 14.1. The number of rotatable bonds is 10. The molecule has 3 aromatic rings. The number of hydrogen-bond acceptors (Lipinski definition) is 9. The molecule has 14 nitrogen and oxygen atoms in total. The fourth-order valence-corrected chi connectivity index (χ4v) is 7.84. The van der Waals surface area contributed by atoms with Crippen molar-refractivity contribution in [2.75, 3.05) is 45.9 Å². The Morgan fingerprint density at radius 1 is 0.918 bits per heavy atom. The fraction of sp³-hybridized carbons (Fsp3) is 0.468. The van der Waals surface area contributed by atoms with Crippen molar-refractivity contribution in [2.45, 2.75) is 89.6 Å². The van der Waals surface area contributed by atoms with Crippen LogP contribution in [0.3, 0.4) is 0 Å². The van der Waals surface area contributed by atoms with Gasteiger partial charge in [0.2, 0.25) is 29.5 Å². The summed E-state index contributed by atoms with van der Waals surface area (Å²) in [6.45, 7) is 8.23. The molecule has 0 aromatic heterocycles. The molecule has 2 aliphatic rings. The van der Waals surface area contributed by atoms with Gasteiger partial charge in [0, 0.05) is 64.3 Å². The monoisotopic (exact) mass is 837 g/mol. The molecule has 0 aliphatic carbocycles. The Bertz CT molecular complexity index is 1970. The van der Waals surface area contributed by atoms with Crippen molar-refractivity contribution in [3.05, 3.63) is 119 Å². The van der Waals surface area contributed by atoms with E-state index in [9.17, 15) is 29.1 Å². The van der Waals surface area contributed by atoms with Crippen LogP contribution in [-0.2, 0) is 59.9 Å². The topological polar surface area (TPSA) is 204 Å². The average molecular weight is 838 g/mol. The van der Waals surface area contributed by atoms with E-state index in [2.05, 4.69) is 47.4 Å². The van der Waals surface area contributed by atoms with Gasteiger partial charge >= 0.3 is 0 Å². The van der Waals surface area contributed by atoms with Gasteiger partial charge in [-0.3, -0.25) is 29.3 Å². The van der Waals surface area contributed by atoms with Gasteiger partial charge in [0.1, 0.15) is 12.3 Å². The van der Waals surface area contributed by atoms with Gasteiger partial charge in [0.05, 0.1) is 24.7 Å². The zero-order valence-electron chi connectivity index (χ0n) is 35.7. The standard InChI is InChI=1S/C47H63N7O7/c1-46(2,3)37-16-14-33(15-17-37)28-39-44(59)51-31-36-13-8-7-12-35(36)29-41(56)52-38(43(58)50-24-27-61-26-22-48)20-23-49-40(55)18-19-42(57)54-25-9-21-47(32-54,45(60)53-39)30-34-10-5-4-6-11-34/h4-8,10-19,38-39,41,52,56H,9,20-32,48H2,1-3H3,(H,49,55)(H,50,58)(H,51,59)(H,53,60)/b19-18+/t38-,39-,41?,47-/m0/s1. The van der Waals surface area contributed by atoms with E-state index in [-0.39, 0.29) is 69.3 Å². The number of aliphatic hydroxyl groups excluding tert-OH is 1. The number of carbonyl (C=O) groups excluding carboxylic acids is 5. The van der Waals surface area contributed by atoms with Crippen LogP contribution in [0.4, 0.5) is 0 Å². The van der Waals surface area contributed by atoms with Crippen molar-refractivity contribution in [1.29, 1.82) is 0 Å². The SMILES string of the molecule is CC(C)(C)c1ccc(C[C@@H]2NC(=O)[C@]3(Cc4ccccc4)CCCN(C3)C(=O)/C=C/C(=O)NCC[C@@H](C(=O)NCCOCCN)NC(O)Cc3ccccc3CNC2=O)cc1. The molecule has 8 N–H and O–H groups in total. The third-order valence-corrected chi connectivity index (χ3v) is 11.2. The van der Waals surface area contributed by atoms with Gasteiger partial charge in [-0.1, -0.05) is 99.6 Å². The van der Waals surface area contributed by atoms with Crippen molar-refractivity contribution < 1.29 is 33.8 Å². The number of aliphatic hydroxyl groups is 1. The number of hydrogen-bond donors (Lipinski definition) is 7. The normalized spacial score (nSPS) is 23.0. The number of carbonyl (C=O) groups is 5. The van der Waals surface area contributed by atoms with E-state index in [0.29, 0.717) is 39.0 Å². The van der Waals surface area contributed by atoms with E-state index in [1.807, 2.05) is 78.9 Å². The van der Waals surface area contributed by atoms with Gasteiger partial charge in [-0.25, -0.2) is 0 Å². The molecule has 2 heterocycles. The van der Waals surface area contributed by atoms with Crippen molar-refractivity contribution in [1.82, 2.24) is 31.5 Å². The number of nitrogens with one attached hydrogen (secondary N) is 5. The molecule has 1 fully saturated rings. The molecule has 61 heavy (non-hydrogen) atoms. The third-order valence-electron chi connectivity index (χ3n) is 11.2. The van der Waals surface area contributed by atoms with E-state index in [1.54, 1.807) is 4.90 Å². The lowest BCUT2D eigenvalue weighted by molar-refractivity contribution is -0.141. The van der Waals surface area contributed by atoms with E-state index in [1.165, 1.54) is 6.08 Å². The van der Waals surface area contributed by atoms with E-state index in [0.717, 1.165) is 33.9 Å². The largest absolute Gasteiger partial charge is 0.378 e. The van der Waals surface area contributed by atoms with Gasteiger partial charge < -0.3 is 41.7 Å². The zero-order chi connectivity index (χ0) is 43.8. The van der Waals surface area contributed by atoms with Crippen LogP contribution in [-0.4, -0.2) is 104 Å². The maximum Gasteiger partial charge on any atom is 0.246 e. The lowest BCUT2D eigenvalue weighted by Gasteiger charge is -2.42. The lowest BCUT2D eigenvalue weighted by atomic mass is 9.74. The summed E-state index contributed by atoms with van der Waals surface area (Å²) < 4.78 is 5.38. The van der Waals surface area contributed by atoms with Crippen molar-refractivity contribution >= 4 is 29.5 Å². The molecule has 1 unspecified atom stereocenters. The van der Waals surface area contributed by atoms with Crippen LogP contribution < -0.4 is 32.3 Å². The van der Waals surface area contributed by atoms with Gasteiger partial charge in [0.15, 0.2) is 0 Å². The molecule has 2 bridgehead atoms. The van der Waals surface area contributed by atoms with Crippen LogP contribution in [0.5, 0.6) is 0 Å². The van der Waals surface area contributed by atoms with Crippen LogP contribution in [0.1, 0.15) is 67.9 Å². The highest BCUT2D eigenvalue weighted by atomic mass is 16.5. The first-order valence-electron chi connectivity index (χ1n) is 21.3. The Labute approximate surface area is 359 Å². The first-order chi connectivity index (χ1) is 29.3. The van der Waals surface area contributed by atoms with E-state index < -0.39 is 41.4 Å². The number of fused-ring (bicyclic) bond motifs is 3. The van der Waals surface area contributed by atoms with Gasteiger partial charge in [-0.2, -0.15) is 0 Å². The Kier molecular flexibility index (Phi) is 17.2. The maximum atomic E-state index is 14.8. The van der Waals surface area contributed by atoms with Crippen LogP contribution in [0, 0.1) is 5.41 Å². The lowest BCUT2D eigenvalue weighted by Crippen LogP contribution is -2.58. The van der Waals surface area contributed by atoms with Gasteiger partial charge in [-0.15, -0.1) is 0 Å². The number of amides is 5. The molecule has 5 amide bonds. The summed E-state index contributed by atoms with van der Waals surface area (Å²) in [6.07, 6.45) is 2.97. The molecular weight excluding hydrogens is 775 g/mol. The number of nitrogens with zero attached hydrogens (tertiary/aromatic N) is 1. The molecule has 4 atom stereocenters. The predicted molar refractivity (Wildman–Crippen MR) is 234 cm³/mol. The molecule has 5 rings (SSSR count). The molecule has 3 aromatic carbocycles. The Morgan fingerprint density at radius 2 is 1.64 bits per heavy atom. The predicted octanol–water partition coefficient (Wildman–Crippen LogP) is 2.17. The molecule has 14 heteroatoms. The maximum absolute atomic E-state index is 14.8. The van der Waals surface area contributed by atoms with E-state index in [4.69, 9.17) is 10.5 Å². The highest BCUT2D eigenvalue weighted by Crippen LogP contribution is 2.35. The minimum absolute atomic E-state index is 0.0629. The highest BCUT2D eigenvalue weighted by Gasteiger charge is 2.44. The minimum Gasteiger partial charge on any atom is -0.378 e. The number of piperidine rings is 1. The summed E-state index contributed by atoms with van der Waals surface area (Å²) in [4.78, 5) is 70.7. The molecule has 0 radical (unpaired) electrons. The van der Waals surface area contributed by atoms with Crippen LogP contribution >= 0.6 is 0 Å². The second kappa shape index (κ2) is 22.4. The molecule has 328 valence electrons. The summed E-state index contributed by atoms with van der Waals surface area (Å²) in [6, 6.07) is 23.2. The first-order valence-corrected chi connectivity index (χ1v) is 21.3. The molecule has 1 saturated heterocycles. The zero-order valence-corrected chi connectivity index (χ0v) is 35.7. The van der Waals surface area contributed by atoms with Crippen molar-refractivity contribution in [3.8, 4) is 0 Å².